The van der Waals surface area contributed by atoms with Gasteiger partial charge in [0, 0.05) is 32.6 Å². The third-order valence-electron chi connectivity index (χ3n) is 5.89. The molecule has 172 valence electrons. The van der Waals surface area contributed by atoms with Crippen molar-refractivity contribution >= 4 is 21.9 Å². The first-order chi connectivity index (χ1) is 15.2. The smallest absolute Gasteiger partial charge is 0.342 e. The van der Waals surface area contributed by atoms with E-state index in [0.29, 0.717) is 6.61 Å². The minimum atomic E-state index is -3.99. The van der Waals surface area contributed by atoms with E-state index in [0.717, 1.165) is 23.3 Å². The van der Waals surface area contributed by atoms with Gasteiger partial charge in [0.1, 0.15) is 27.7 Å². The Labute approximate surface area is 186 Å². The highest BCUT2D eigenvalue weighted by Gasteiger charge is 2.37. The Morgan fingerprint density at radius 2 is 1.81 bits per heavy atom. The number of rotatable bonds is 5. The summed E-state index contributed by atoms with van der Waals surface area (Å²) in [7, 11) is -2.79. The zero-order valence-electron chi connectivity index (χ0n) is 18.3. The molecule has 1 aromatic heterocycles. The summed E-state index contributed by atoms with van der Waals surface area (Å²) in [6.07, 6.45) is 1.10. The third kappa shape index (κ3) is 4.00. The Kier molecular flexibility index (Phi) is 6.00. The molecule has 1 aromatic carbocycles. The number of carbonyl (C=O) groups excluding carboxylic acids is 2. The SMILES string of the molecule is COC(=O)c1c(C)oc(C)c1S(=O)(=O)N1CCN(C(=O)Cc2ccc3c(c2)CCO3)CC1. The van der Waals surface area contributed by atoms with Crippen LogP contribution in [0.25, 0.3) is 0 Å². The molecule has 2 aliphatic heterocycles. The highest BCUT2D eigenvalue weighted by Crippen LogP contribution is 2.31. The van der Waals surface area contributed by atoms with Crippen LogP contribution >= 0.6 is 0 Å². The van der Waals surface area contributed by atoms with Crippen LogP contribution < -0.4 is 4.74 Å². The molecule has 2 aromatic rings. The number of benzene rings is 1. The molecule has 2 aliphatic rings. The molecule has 1 fully saturated rings. The monoisotopic (exact) mass is 462 g/mol. The van der Waals surface area contributed by atoms with E-state index in [4.69, 9.17) is 13.9 Å². The molecule has 1 amide bonds. The molecule has 0 unspecified atom stereocenters. The highest BCUT2D eigenvalue weighted by atomic mass is 32.2. The molecule has 1 saturated heterocycles. The molecule has 9 nitrogen and oxygen atoms in total. The van der Waals surface area contributed by atoms with Crippen molar-refractivity contribution in [1.29, 1.82) is 0 Å². The van der Waals surface area contributed by atoms with Crippen LogP contribution in [0.1, 0.15) is 33.0 Å². The van der Waals surface area contributed by atoms with E-state index >= 15 is 0 Å². The van der Waals surface area contributed by atoms with Crippen LogP contribution in [0.15, 0.2) is 27.5 Å². The predicted octanol–water partition coefficient (Wildman–Crippen LogP) is 1.69. The maximum atomic E-state index is 13.3. The molecular weight excluding hydrogens is 436 g/mol. The largest absolute Gasteiger partial charge is 0.493 e. The maximum absolute atomic E-state index is 13.3. The Morgan fingerprint density at radius 3 is 2.50 bits per heavy atom. The highest BCUT2D eigenvalue weighted by molar-refractivity contribution is 7.89. The van der Waals surface area contributed by atoms with Gasteiger partial charge in [0.05, 0.1) is 20.1 Å². The first-order valence-corrected chi connectivity index (χ1v) is 11.9. The van der Waals surface area contributed by atoms with Crippen molar-refractivity contribution in [2.75, 3.05) is 39.9 Å². The molecular formula is C22H26N2O7S. The Hall–Kier alpha value is -2.85. The molecule has 0 bridgehead atoms. The molecule has 0 N–H and O–H groups in total. The van der Waals surface area contributed by atoms with Crippen LogP contribution in [-0.2, 0) is 32.4 Å². The summed E-state index contributed by atoms with van der Waals surface area (Å²) in [5, 5.41) is 0. The van der Waals surface area contributed by atoms with Crippen LogP contribution in [-0.4, -0.2) is 69.4 Å². The fourth-order valence-electron chi connectivity index (χ4n) is 4.26. The van der Waals surface area contributed by atoms with E-state index in [9.17, 15) is 18.0 Å². The van der Waals surface area contributed by atoms with Crippen molar-refractivity contribution in [3.63, 3.8) is 0 Å². The number of nitrogens with zero attached hydrogens (tertiary/aromatic N) is 2. The minimum Gasteiger partial charge on any atom is -0.493 e. The number of piperazine rings is 1. The van der Waals surface area contributed by atoms with Gasteiger partial charge in [-0.1, -0.05) is 12.1 Å². The molecule has 3 heterocycles. The maximum Gasteiger partial charge on any atom is 0.342 e. The Balaban J connectivity index is 1.44. The number of carbonyl (C=O) groups is 2. The fourth-order valence-corrected chi connectivity index (χ4v) is 6.05. The first kappa shape index (κ1) is 22.3. The van der Waals surface area contributed by atoms with Gasteiger partial charge in [-0.2, -0.15) is 4.31 Å². The van der Waals surface area contributed by atoms with E-state index in [1.165, 1.54) is 25.3 Å². The molecule has 0 atom stereocenters. The number of fused-ring (bicyclic) bond motifs is 1. The van der Waals surface area contributed by atoms with Gasteiger partial charge in [-0.15, -0.1) is 0 Å². The van der Waals surface area contributed by atoms with Crippen molar-refractivity contribution < 1.29 is 31.9 Å². The zero-order chi connectivity index (χ0) is 23.0. The number of hydrogen-bond donors (Lipinski definition) is 0. The number of methoxy groups -OCH3 is 1. The van der Waals surface area contributed by atoms with Crippen molar-refractivity contribution in [2.45, 2.75) is 31.6 Å². The lowest BCUT2D eigenvalue weighted by Gasteiger charge is -2.34. The topological polar surface area (TPSA) is 106 Å². The van der Waals surface area contributed by atoms with E-state index in [1.54, 1.807) is 4.90 Å². The summed E-state index contributed by atoms with van der Waals surface area (Å²) in [5.74, 6) is 0.401. The Bertz CT molecular complexity index is 1160. The molecule has 10 heteroatoms. The summed E-state index contributed by atoms with van der Waals surface area (Å²) in [6.45, 7) is 4.52. The summed E-state index contributed by atoms with van der Waals surface area (Å²) >= 11 is 0. The molecule has 4 rings (SSSR count). The van der Waals surface area contributed by atoms with Crippen molar-refractivity contribution in [3.05, 3.63) is 46.4 Å². The van der Waals surface area contributed by atoms with Gasteiger partial charge < -0.3 is 18.8 Å². The Morgan fingerprint density at radius 1 is 1.09 bits per heavy atom. The molecule has 0 radical (unpaired) electrons. The zero-order valence-corrected chi connectivity index (χ0v) is 19.2. The van der Waals surface area contributed by atoms with Gasteiger partial charge in [-0.05, 0) is 31.0 Å². The van der Waals surface area contributed by atoms with E-state index < -0.39 is 16.0 Å². The number of ether oxygens (including phenoxy) is 2. The van der Waals surface area contributed by atoms with Crippen molar-refractivity contribution in [1.82, 2.24) is 9.21 Å². The average molecular weight is 463 g/mol. The quantitative estimate of drug-likeness (QED) is 0.623. The van der Waals surface area contributed by atoms with Crippen LogP contribution in [0.5, 0.6) is 5.75 Å². The first-order valence-electron chi connectivity index (χ1n) is 10.4. The van der Waals surface area contributed by atoms with E-state index in [2.05, 4.69) is 0 Å². The van der Waals surface area contributed by atoms with Crippen molar-refractivity contribution in [3.8, 4) is 5.75 Å². The number of amides is 1. The number of furan rings is 1. The average Bonchev–Trinajstić information content (AvgIpc) is 3.36. The minimum absolute atomic E-state index is 0.0495. The van der Waals surface area contributed by atoms with Gasteiger partial charge in [-0.3, -0.25) is 4.79 Å². The molecule has 0 aliphatic carbocycles. The summed E-state index contributed by atoms with van der Waals surface area (Å²) in [4.78, 5) is 26.4. The number of sulfonamides is 1. The fraction of sp³-hybridized carbons (Fsp3) is 0.455. The van der Waals surface area contributed by atoms with Gasteiger partial charge in [0.25, 0.3) is 0 Å². The lowest BCUT2D eigenvalue weighted by molar-refractivity contribution is -0.131. The third-order valence-corrected chi connectivity index (χ3v) is 7.95. The molecule has 0 spiro atoms. The lowest BCUT2D eigenvalue weighted by atomic mass is 10.1. The molecule has 0 saturated carbocycles. The van der Waals surface area contributed by atoms with Gasteiger partial charge in [0.15, 0.2) is 0 Å². The summed E-state index contributed by atoms with van der Waals surface area (Å²) in [6, 6.07) is 5.78. The van der Waals surface area contributed by atoms with Crippen LogP contribution in [0, 0.1) is 13.8 Å². The second kappa shape index (κ2) is 8.59. The van der Waals surface area contributed by atoms with Gasteiger partial charge in [0.2, 0.25) is 15.9 Å². The normalized spacial score (nSPS) is 16.5. The predicted molar refractivity (Wildman–Crippen MR) is 114 cm³/mol. The number of aryl methyl sites for hydroxylation is 2. The van der Waals surface area contributed by atoms with Crippen LogP contribution in [0.4, 0.5) is 0 Å². The number of esters is 1. The number of hydrogen-bond acceptors (Lipinski definition) is 7. The standard InChI is InChI=1S/C22H26N2O7S/c1-14-20(22(26)29-3)21(15(2)31-14)32(27,28)24-9-7-23(8-10-24)19(25)13-16-4-5-18-17(12-16)6-11-30-18/h4-5,12H,6-11,13H2,1-3H3. The molecule has 32 heavy (non-hydrogen) atoms. The summed E-state index contributed by atoms with van der Waals surface area (Å²) < 4.78 is 43.5. The van der Waals surface area contributed by atoms with Crippen LogP contribution in [0.2, 0.25) is 0 Å². The second-order valence-corrected chi connectivity index (χ2v) is 9.79. The van der Waals surface area contributed by atoms with E-state index in [1.807, 2.05) is 18.2 Å². The van der Waals surface area contributed by atoms with Crippen molar-refractivity contribution in [2.24, 2.45) is 0 Å². The second-order valence-electron chi connectivity index (χ2n) is 7.91. The summed E-state index contributed by atoms with van der Waals surface area (Å²) in [5.41, 5.74) is 1.95. The van der Waals surface area contributed by atoms with E-state index in [-0.39, 0.29) is 60.5 Å². The van der Waals surface area contributed by atoms with Gasteiger partial charge >= 0.3 is 5.97 Å². The lowest BCUT2D eigenvalue weighted by Crippen LogP contribution is -2.51. The van der Waals surface area contributed by atoms with Gasteiger partial charge in [-0.25, -0.2) is 13.2 Å². The van der Waals surface area contributed by atoms with Crippen LogP contribution in [0.3, 0.4) is 0 Å².